The molecule has 0 radical (unpaired) electrons. The first-order valence-electron chi connectivity index (χ1n) is 12.5. The van der Waals surface area contributed by atoms with E-state index in [1.807, 2.05) is 36.7 Å². The van der Waals surface area contributed by atoms with E-state index in [2.05, 4.69) is 19.9 Å². The monoisotopic (exact) mass is 510 g/mol. The van der Waals surface area contributed by atoms with E-state index in [1.165, 1.54) is 6.33 Å². The Bertz CT molecular complexity index is 1130. The molecule has 3 atom stereocenters. The van der Waals surface area contributed by atoms with Crippen LogP contribution in [0.2, 0.25) is 0 Å². The molecule has 0 amide bonds. The minimum atomic E-state index is -0.747. The van der Waals surface area contributed by atoms with Gasteiger partial charge in [0.05, 0.1) is 18.7 Å². The number of hydrogen-bond acceptors (Lipinski definition) is 8. The highest BCUT2D eigenvalue weighted by Gasteiger charge is 2.30. The van der Waals surface area contributed by atoms with Crippen LogP contribution in [0.3, 0.4) is 0 Å². The number of carbonyl (C=O) groups is 1. The second-order valence-corrected chi connectivity index (χ2v) is 10.5. The van der Waals surface area contributed by atoms with Gasteiger partial charge in [0, 0.05) is 54.1 Å². The summed E-state index contributed by atoms with van der Waals surface area (Å²) >= 11 is 1.74. The molecule has 0 aliphatic carbocycles. The number of ether oxygens (including phenoxy) is 1. The largest absolute Gasteiger partial charge is 0.497 e. The fourth-order valence-corrected chi connectivity index (χ4v) is 5.98. The first kappa shape index (κ1) is 26.3. The lowest BCUT2D eigenvalue weighted by molar-refractivity contribution is -0.137. The summed E-state index contributed by atoms with van der Waals surface area (Å²) in [6.45, 7) is 2.84. The fourth-order valence-electron chi connectivity index (χ4n) is 5.12. The van der Waals surface area contributed by atoms with Gasteiger partial charge in [0.15, 0.2) is 0 Å². The van der Waals surface area contributed by atoms with E-state index in [4.69, 9.17) is 4.74 Å². The molecule has 4 rings (SSSR count). The molecule has 1 aliphatic heterocycles. The molecule has 1 unspecified atom stereocenters. The zero-order chi connectivity index (χ0) is 25.3. The summed E-state index contributed by atoms with van der Waals surface area (Å²) in [6.07, 6.45) is 9.68. The molecule has 0 bridgehead atoms. The third-order valence-electron chi connectivity index (χ3n) is 7.07. The van der Waals surface area contributed by atoms with Gasteiger partial charge in [-0.15, -0.1) is 11.8 Å². The molecule has 1 aromatic carbocycles. The molecule has 1 saturated heterocycles. The Balaban J connectivity index is 1.35. The highest BCUT2D eigenvalue weighted by Crippen LogP contribution is 2.35. The lowest BCUT2D eigenvalue weighted by atomic mass is 9.79. The van der Waals surface area contributed by atoms with Crippen molar-refractivity contribution in [3.8, 4) is 5.75 Å². The van der Waals surface area contributed by atoms with Gasteiger partial charge in [0.1, 0.15) is 12.1 Å². The Morgan fingerprint density at radius 1 is 1.22 bits per heavy atom. The number of pyridine rings is 1. The van der Waals surface area contributed by atoms with Crippen molar-refractivity contribution in [3.05, 3.63) is 54.7 Å². The van der Waals surface area contributed by atoms with Gasteiger partial charge in [-0.1, -0.05) is 0 Å². The van der Waals surface area contributed by atoms with Crippen molar-refractivity contribution in [1.82, 2.24) is 19.9 Å². The quantitative estimate of drug-likeness (QED) is 0.342. The van der Waals surface area contributed by atoms with Crippen LogP contribution < -0.4 is 4.74 Å². The summed E-state index contributed by atoms with van der Waals surface area (Å²) in [5.41, 5.74) is 1.69. The van der Waals surface area contributed by atoms with E-state index >= 15 is 0 Å². The van der Waals surface area contributed by atoms with Crippen molar-refractivity contribution in [1.29, 1.82) is 0 Å². The molecular formula is C27H34N4O4S. The minimum absolute atomic E-state index is 0.183. The molecule has 36 heavy (non-hydrogen) atoms. The Kier molecular flexibility index (Phi) is 9.49. The molecule has 8 nitrogen and oxygen atoms in total. The second-order valence-electron chi connectivity index (χ2n) is 9.34. The average Bonchev–Trinajstić information content (AvgIpc) is 2.91. The lowest BCUT2D eigenvalue weighted by Gasteiger charge is -2.39. The highest BCUT2D eigenvalue weighted by atomic mass is 32.2. The van der Waals surface area contributed by atoms with Gasteiger partial charge in [-0.25, -0.2) is 9.97 Å². The van der Waals surface area contributed by atoms with Crippen LogP contribution in [0.1, 0.15) is 43.8 Å². The number of hydrogen-bond donors (Lipinski definition) is 2. The third-order valence-corrected chi connectivity index (χ3v) is 8.00. The van der Waals surface area contributed by atoms with Gasteiger partial charge >= 0.3 is 5.97 Å². The van der Waals surface area contributed by atoms with E-state index in [0.717, 1.165) is 65.3 Å². The summed E-state index contributed by atoms with van der Waals surface area (Å²) < 4.78 is 5.37. The minimum Gasteiger partial charge on any atom is -0.497 e. The van der Waals surface area contributed by atoms with Gasteiger partial charge in [0.25, 0.3) is 0 Å². The molecule has 3 aromatic rings. The van der Waals surface area contributed by atoms with Crippen LogP contribution in [0.4, 0.5) is 0 Å². The number of thioether (sulfide) groups is 1. The van der Waals surface area contributed by atoms with Gasteiger partial charge in [-0.3, -0.25) is 9.78 Å². The number of benzene rings is 1. The van der Waals surface area contributed by atoms with Gasteiger partial charge in [-0.05, 0) is 73.9 Å². The van der Waals surface area contributed by atoms with Crippen LogP contribution in [0.15, 0.2) is 54.1 Å². The molecule has 3 heterocycles. The number of aliphatic hydroxyl groups is 1. The zero-order valence-electron chi connectivity index (χ0n) is 20.6. The average molecular weight is 511 g/mol. The lowest BCUT2D eigenvalue weighted by Crippen LogP contribution is -2.41. The number of nitrogens with zero attached hydrogens (tertiary/aromatic N) is 4. The zero-order valence-corrected chi connectivity index (χ0v) is 21.4. The topological polar surface area (TPSA) is 109 Å². The van der Waals surface area contributed by atoms with Crippen LogP contribution in [0.5, 0.6) is 5.75 Å². The molecule has 1 fully saturated rings. The fraction of sp³-hybridized carbons (Fsp3) is 0.481. The number of aliphatic carboxylic acids is 1. The Hall–Kier alpha value is -2.75. The molecule has 2 aromatic heterocycles. The molecule has 9 heteroatoms. The van der Waals surface area contributed by atoms with Gasteiger partial charge in [0.2, 0.25) is 0 Å². The second kappa shape index (κ2) is 13.0. The molecule has 0 saturated carbocycles. The first-order valence-corrected chi connectivity index (χ1v) is 13.4. The standard InChI is InChI=1S/C27H34N4O4S/c1-35-21-4-5-25-24(14-21)23(8-10-30-25)26(32)6-2-19-9-11-31(17-20(19)3-7-27(33)34)12-13-36-22-15-28-18-29-16-22/h4-5,8,10,14-16,18-20,26,32H,2-3,6-7,9,11-13,17H2,1H3,(H,33,34)/t19-,20+,26?/m1/s1. The van der Waals surface area contributed by atoms with Crippen LogP contribution in [-0.4, -0.2) is 68.5 Å². The number of carboxylic acids is 1. The SMILES string of the molecule is COc1ccc2nccc(C(O)CC[C@@H]3CCN(CCSc4cncnc4)C[C@@H]3CCC(=O)O)c2c1. The summed E-state index contributed by atoms with van der Waals surface area (Å²) in [6, 6.07) is 7.59. The maximum absolute atomic E-state index is 11.3. The maximum Gasteiger partial charge on any atom is 0.303 e. The Morgan fingerprint density at radius 3 is 2.83 bits per heavy atom. The number of aromatic nitrogens is 3. The Morgan fingerprint density at radius 2 is 2.06 bits per heavy atom. The number of carboxylic acid groups (broad SMARTS) is 1. The van der Waals surface area contributed by atoms with Crippen LogP contribution in [0, 0.1) is 11.8 Å². The number of likely N-dealkylation sites (tertiary alicyclic amines) is 1. The van der Waals surface area contributed by atoms with Crippen molar-refractivity contribution in [2.24, 2.45) is 11.8 Å². The predicted molar refractivity (Wildman–Crippen MR) is 140 cm³/mol. The van der Waals surface area contributed by atoms with Crippen molar-refractivity contribution >= 4 is 28.6 Å². The number of methoxy groups -OCH3 is 1. The van der Waals surface area contributed by atoms with Crippen LogP contribution >= 0.6 is 11.8 Å². The molecule has 192 valence electrons. The summed E-state index contributed by atoms with van der Waals surface area (Å²) in [4.78, 5) is 27.4. The number of aliphatic hydroxyl groups excluding tert-OH is 1. The van der Waals surface area contributed by atoms with Gasteiger partial charge in [-0.2, -0.15) is 0 Å². The molecule has 0 spiro atoms. The van der Waals surface area contributed by atoms with E-state index in [1.54, 1.807) is 25.1 Å². The van der Waals surface area contributed by atoms with Crippen LogP contribution in [0.25, 0.3) is 10.9 Å². The Labute approximate surface area is 216 Å². The van der Waals surface area contributed by atoms with Crippen molar-refractivity contribution in [2.75, 3.05) is 32.5 Å². The smallest absolute Gasteiger partial charge is 0.303 e. The van der Waals surface area contributed by atoms with E-state index in [-0.39, 0.29) is 6.42 Å². The third kappa shape index (κ3) is 7.15. The number of piperidine rings is 1. The summed E-state index contributed by atoms with van der Waals surface area (Å²) in [5, 5.41) is 21.3. The van der Waals surface area contributed by atoms with Crippen LogP contribution in [-0.2, 0) is 4.79 Å². The summed E-state index contributed by atoms with van der Waals surface area (Å²) in [7, 11) is 1.63. The van der Waals surface area contributed by atoms with E-state index in [9.17, 15) is 15.0 Å². The number of fused-ring (bicyclic) bond motifs is 1. The van der Waals surface area contributed by atoms with Crippen molar-refractivity contribution < 1.29 is 19.7 Å². The molecule has 2 N–H and O–H groups in total. The first-order chi connectivity index (χ1) is 17.5. The predicted octanol–water partition coefficient (Wildman–Crippen LogP) is 4.44. The highest BCUT2D eigenvalue weighted by molar-refractivity contribution is 7.99. The molecule has 1 aliphatic rings. The maximum atomic E-state index is 11.3. The van der Waals surface area contributed by atoms with E-state index in [0.29, 0.717) is 24.7 Å². The molecular weight excluding hydrogens is 476 g/mol. The number of rotatable bonds is 12. The van der Waals surface area contributed by atoms with Crippen molar-refractivity contribution in [3.63, 3.8) is 0 Å². The van der Waals surface area contributed by atoms with Gasteiger partial charge < -0.3 is 19.8 Å². The van der Waals surface area contributed by atoms with Crippen molar-refractivity contribution in [2.45, 2.75) is 43.1 Å². The van der Waals surface area contributed by atoms with E-state index < -0.39 is 12.1 Å². The summed E-state index contributed by atoms with van der Waals surface area (Å²) in [5.74, 6) is 1.64. The normalized spacial score (nSPS) is 19.3.